The first-order valence-corrected chi connectivity index (χ1v) is 9.04. The van der Waals surface area contributed by atoms with Gasteiger partial charge >= 0.3 is 0 Å². The predicted octanol–water partition coefficient (Wildman–Crippen LogP) is 3.79. The maximum absolute atomic E-state index is 14.0. The highest BCUT2D eigenvalue weighted by Crippen LogP contribution is 2.24. The molecule has 1 aliphatic heterocycles. The highest BCUT2D eigenvalue weighted by Gasteiger charge is 2.28. The van der Waals surface area contributed by atoms with E-state index >= 15 is 0 Å². The average molecular weight is 409 g/mol. The third kappa shape index (κ3) is 4.85. The van der Waals surface area contributed by atoms with Gasteiger partial charge in [-0.3, -0.25) is 4.79 Å². The molecule has 0 unspecified atom stereocenters. The SMILES string of the molecule is COCC(=O)N(Cc1ccc(F)cc1F)C[C@@H]1CC(c2ccccc2Cl)=NO1. The van der Waals surface area contributed by atoms with Gasteiger partial charge in [-0.25, -0.2) is 8.78 Å². The zero-order valence-electron chi connectivity index (χ0n) is 15.2. The summed E-state index contributed by atoms with van der Waals surface area (Å²) >= 11 is 6.20. The van der Waals surface area contributed by atoms with Crippen molar-refractivity contribution in [3.8, 4) is 0 Å². The van der Waals surface area contributed by atoms with Crippen molar-refractivity contribution in [2.24, 2.45) is 5.16 Å². The van der Waals surface area contributed by atoms with Gasteiger partial charge in [0, 0.05) is 42.3 Å². The van der Waals surface area contributed by atoms with Gasteiger partial charge in [0.2, 0.25) is 5.91 Å². The van der Waals surface area contributed by atoms with E-state index in [0.717, 1.165) is 17.7 Å². The minimum Gasteiger partial charge on any atom is -0.390 e. The molecular formula is C20H19ClF2N2O3. The number of ether oxygens (including phenoxy) is 1. The van der Waals surface area contributed by atoms with Gasteiger partial charge in [-0.05, 0) is 12.1 Å². The lowest BCUT2D eigenvalue weighted by Crippen LogP contribution is -2.39. The molecule has 0 saturated heterocycles. The third-order valence-electron chi connectivity index (χ3n) is 4.34. The van der Waals surface area contributed by atoms with E-state index < -0.39 is 17.7 Å². The number of methoxy groups -OCH3 is 1. The van der Waals surface area contributed by atoms with Crippen LogP contribution >= 0.6 is 11.6 Å². The third-order valence-corrected chi connectivity index (χ3v) is 4.67. The van der Waals surface area contributed by atoms with Crippen molar-refractivity contribution in [1.82, 2.24) is 4.90 Å². The Morgan fingerprint density at radius 3 is 2.82 bits per heavy atom. The van der Waals surface area contributed by atoms with E-state index in [1.807, 2.05) is 18.2 Å². The van der Waals surface area contributed by atoms with Gasteiger partial charge in [-0.15, -0.1) is 0 Å². The number of benzene rings is 2. The molecule has 0 aromatic heterocycles. The first-order chi connectivity index (χ1) is 13.5. The van der Waals surface area contributed by atoms with Crippen LogP contribution in [-0.2, 0) is 20.9 Å². The van der Waals surface area contributed by atoms with E-state index in [1.165, 1.54) is 18.1 Å². The second kappa shape index (κ2) is 9.12. The molecule has 1 atom stereocenters. The lowest BCUT2D eigenvalue weighted by molar-refractivity contribution is -0.137. The molecule has 0 spiro atoms. The molecule has 0 aliphatic carbocycles. The van der Waals surface area contributed by atoms with Crippen molar-refractivity contribution >= 4 is 23.2 Å². The topological polar surface area (TPSA) is 51.1 Å². The monoisotopic (exact) mass is 408 g/mol. The number of carbonyl (C=O) groups excluding carboxylic acids is 1. The van der Waals surface area contributed by atoms with E-state index in [2.05, 4.69) is 5.16 Å². The molecule has 2 aromatic rings. The molecule has 0 radical (unpaired) electrons. The quantitative estimate of drug-likeness (QED) is 0.700. The normalized spacial score (nSPS) is 15.9. The fourth-order valence-electron chi connectivity index (χ4n) is 2.95. The Hall–Kier alpha value is -2.51. The van der Waals surface area contributed by atoms with Gasteiger partial charge in [-0.1, -0.05) is 41.0 Å². The maximum Gasteiger partial charge on any atom is 0.248 e. The van der Waals surface area contributed by atoms with Crippen molar-refractivity contribution < 1.29 is 23.1 Å². The number of hydrogen-bond acceptors (Lipinski definition) is 4. The van der Waals surface area contributed by atoms with Crippen molar-refractivity contribution in [2.75, 3.05) is 20.3 Å². The summed E-state index contributed by atoms with van der Waals surface area (Å²) < 4.78 is 32.1. The van der Waals surface area contributed by atoms with Crippen LogP contribution < -0.4 is 0 Å². The summed E-state index contributed by atoms with van der Waals surface area (Å²) in [6.45, 7) is -0.0141. The van der Waals surface area contributed by atoms with Gasteiger partial charge < -0.3 is 14.5 Å². The molecule has 0 N–H and O–H groups in total. The predicted molar refractivity (Wildman–Crippen MR) is 101 cm³/mol. The van der Waals surface area contributed by atoms with Crippen LogP contribution in [0.4, 0.5) is 8.78 Å². The number of hydrogen-bond donors (Lipinski definition) is 0. The van der Waals surface area contributed by atoms with Gasteiger partial charge in [-0.2, -0.15) is 0 Å². The standard InChI is InChI=1S/C20H19ClF2N2O3/c1-27-12-20(26)25(10-13-6-7-14(22)8-18(13)23)11-15-9-19(24-28-15)16-4-2-3-5-17(16)21/h2-8,15H,9-12H2,1H3/t15-/m0/s1. The first-order valence-electron chi connectivity index (χ1n) is 8.66. The molecule has 1 amide bonds. The Morgan fingerprint density at radius 2 is 2.11 bits per heavy atom. The number of halogens is 3. The van der Waals surface area contributed by atoms with E-state index in [0.29, 0.717) is 17.2 Å². The Balaban J connectivity index is 1.70. The number of rotatable bonds is 7. The van der Waals surface area contributed by atoms with Crippen LogP contribution in [0.3, 0.4) is 0 Å². The summed E-state index contributed by atoms with van der Waals surface area (Å²) in [5.74, 6) is -1.72. The summed E-state index contributed by atoms with van der Waals surface area (Å²) in [6.07, 6.45) is 0.0439. The number of oxime groups is 1. The summed E-state index contributed by atoms with van der Waals surface area (Å²) in [7, 11) is 1.40. The minimum absolute atomic E-state index is 0.0321. The average Bonchev–Trinajstić information content (AvgIpc) is 3.12. The van der Waals surface area contributed by atoms with Crippen LogP contribution in [0.1, 0.15) is 17.5 Å². The minimum atomic E-state index is -0.712. The number of carbonyl (C=O) groups is 1. The van der Waals surface area contributed by atoms with Crippen molar-refractivity contribution in [2.45, 2.75) is 19.1 Å². The highest BCUT2D eigenvalue weighted by molar-refractivity contribution is 6.34. The Bertz CT molecular complexity index is 892. The number of nitrogens with zero attached hydrogens (tertiary/aromatic N) is 2. The molecule has 8 heteroatoms. The van der Waals surface area contributed by atoms with Crippen molar-refractivity contribution in [1.29, 1.82) is 0 Å². The summed E-state index contributed by atoms with van der Waals surface area (Å²) in [5.41, 5.74) is 1.66. The highest BCUT2D eigenvalue weighted by atomic mass is 35.5. The lowest BCUT2D eigenvalue weighted by Gasteiger charge is -2.25. The molecule has 1 aliphatic rings. The Kier molecular flexibility index (Phi) is 6.59. The van der Waals surface area contributed by atoms with Crippen molar-refractivity contribution in [3.63, 3.8) is 0 Å². The van der Waals surface area contributed by atoms with Gasteiger partial charge in [0.15, 0.2) is 6.10 Å². The van der Waals surface area contributed by atoms with E-state index in [9.17, 15) is 13.6 Å². The van der Waals surface area contributed by atoms with Gasteiger partial charge in [0.25, 0.3) is 0 Å². The second-order valence-electron chi connectivity index (χ2n) is 6.39. The molecule has 2 aromatic carbocycles. The van der Waals surface area contributed by atoms with Crippen LogP contribution in [0.15, 0.2) is 47.6 Å². The summed E-state index contributed by atoms with van der Waals surface area (Å²) in [4.78, 5) is 19.3. The molecule has 148 valence electrons. The largest absolute Gasteiger partial charge is 0.390 e. The zero-order valence-corrected chi connectivity index (χ0v) is 16.0. The van der Waals surface area contributed by atoms with Crippen LogP contribution in [0, 0.1) is 11.6 Å². The molecule has 0 bridgehead atoms. The lowest BCUT2D eigenvalue weighted by atomic mass is 10.0. The van der Waals surface area contributed by atoms with E-state index in [4.69, 9.17) is 21.2 Å². The molecule has 0 saturated carbocycles. The van der Waals surface area contributed by atoms with Gasteiger partial charge in [0.05, 0.1) is 12.3 Å². The maximum atomic E-state index is 14.0. The molecule has 3 rings (SSSR count). The summed E-state index contributed by atoms with van der Waals surface area (Å²) in [6, 6.07) is 10.5. The second-order valence-corrected chi connectivity index (χ2v) is 6.80. The van der Waals surface area contributed by atoms with E-state index in [-0.39, 0.29) is 31.2 Å². The van der Waals surface area contributed by atoms with Crippen molar-refractivity contribution in [3.05, 3.63) is 70.2 Å². The smallest absolute Gasteiger partial charge is 0.248 e. The molecule has 5 nitrogen and oxygen atoms in total. The Labute approximate surface area is 166 Å². The van der Waals surface area contributed by atoms with Crippen LogP contribution in [0.25, 0.3) is 0 Å². The van der Waals surface area contributed by atoms with Crippen LogP contribution in [0.2, 0.25) is 5.02 Å². The summed E-state index contributed by atoms with van der Waals surface area (Å²) in [5, 5.41) is 4.64. The van der Waals surface area contributed by atoms with E-state index in [1.54, 1.807) is 6.07 Å². The molecular weight excluding hydrogens is 390 g/mol. The first kappa shape index (κ1) is 20.2. The molecule has 1 heterocycles. The molecule has 0 fully saturated rings. The van der Waals surface area contributed by atoms with Crippen LogP contribution in [0.5, 0.6) is 0 Å². The Morgan fingerprint density at radius 1 is 1.32 bits per heavy atom. The molecule has 28 heavy (non-hydrogen) atoms. The zero-order chi connectivity index (χ0) is 20.1. The number of amides is 1. The van der Waals surface area contributed by atoms with Gasteiger partial charge in [0.1, 0.15) is 18.2 Å². The fourth-order valence-corrected chi connectivity index (χ4v) is 3.20. The van der Waals surface area contributed by atoms with Crippen LogP contribution in [-0.4, -0.2) is 42.9 Å². The fraction of sp³-hybridized carbons (Fsp3) is 0.300.